The molecular formula is C18H28N4O2. The Balaban J connectivity index is 1.70. The van der Waals surface area contributed by atoms with Crippen molar-refractivity contribution in [2.75, 3.05) is 18.0 Å². The zero-order valence-corrected chi connectivity index (χ0v) is 14.7. The van der Waals surface area contributed by atoms with E-state index in [0.717, 1.165) is 57.5 Å². The molecule has 0 aromatic carbocycles. The van der Waals surface area contributed by atoms with Crippen LogP contribution >= 0.6 is 0 Å². The Morgan fingerprint density at radius 1 is 1.29 bits per heavy atom. The molecule has 1 aromatic rings. The highest BCUT2D eigenvalue weighted by Gasteiger charge is 2.25. The Hall–Kier alpha value is -1.85. The molecule has 0 spiro atoms. The van der Waals surface area contributed by atoms with Crippen LogP contribution in [0.4, 0.5) is 5.95 Å². The third-order valence-corrected chi connectivity index (χ3v) is 5.36. The van der Waals surface area contributed by atoms with Crippen LogP contribution in [0.1, 0.15) is 64.1 Å². The maximum atomic E-state index is 12.3. The number of carbonyl (C=O) groups excluding carboxylic acids is 1. The first-order chi connectivity index (χ1) is 11.5. The molecule has 1 amide bonds. The lowest BCUT2D eigenvalue weighted by molar-refractivity contribution is -0.125. The van der Waals surface area contributed by atoms with Crippen molar-refractivity contribution in [3.63, 3.8) is 0 Å². The molecular weight excluding hydrogens is 304 g/mol. The van der Waals surface area contributed by atoms with E-state index in [-0.39, 0.29) is 23.4 Å². The van der Waals surface area contributed by atoms with E-state index in [0.29, 0.717) is 11.6 Å². The first-order valence-corrected chi connectivity index (χ1v) is 9.19. The SMILES string of the molecule is CC1CCN(c2nc(C(C)NC(=O)C3CCCC3)cc(=O)[nH]2)CC1. The number of nitrogens with zero attached hydrogens (tertiary/aromatic N) is 2. The van der Waals surface area contributed by atoms with Crippen molar-refractivity contribution in [3.05, 3.63) is 22.1 Å². The van der Waals surface area contributed by atoms with Gasteiger partial charge in [0.1, 0.15) is 0 Å². The third-order valence-electron chi connectivity index (χ3n) is 5.36. The van der Waals surface area contributed by atoms with Gasteiger partial charge in [0.15, 0.2) is 0 Å². The highest BCUT2D eigenvalue weighted by Crippen LogP contribution is 2.26. The minimum atomic E-state index is -0.247. The number of H-pyrrole nitrogens is 1. The normalized spacial score (nSPS) is 21.0. The maximum absolute atomic E-state index is 12.3. The molecule has 24 heavy (non-hydrogen) atoms. The van der Waals surface area contributed by atoms with Crippen LogP contribution in [-0.2, 0) is 4.79 Å². The smallest absolute Gasteiger partial charge is 0.252 e. The van der Waals surface area contributed by atoms with Crippen molar-refractivity contribution in [2.24, 2.45) is 11.8 Å². The Kier molecular flexibility index (Phi) is 5.21. The molecule has 3 rings (SSSR count). The summed E-state index contributed by atoms with van der Waals surface area (Å²) in [6, 6.07) is 1.25. The molecule has 2 heterocycles. The molecule has 6 heteroatoms. The van der Waals surface area contributed by atoms with Gasteiger partial charge in [-0.15, -0.1) is 0 Å². The molecule has 1 saturated heterocycles. The van der Waals surface area contributed by atoms with Gasteiger partial charge in [0.05, 0.1) is 11.7 Å². The summed E-state index contributed by atoms with van der Waals surface area (Å²) in [6.07, 6.45) is 6.43. The molecule has 2 N–H and O–H groups in total. The highest BCUT2D eigenvalue weighted by atomic mass is 16.2. The first-order valence-electron chi connectivity index (χ1n) is 9.19. The Morgan fingerprint density at radius 2 is 1.96 bits per heavy atom. The van der Waals surface area contributed by atoms with Crippen LogP contribution < -0.4 is 15.8 Å². The predicted octanol–water partition coefficient (Wildman–Crippen LogP) is 2.37. The van der Waals surface area contributed by atoms with Crippen LogP contribution in [0.25, 0.3) is 0 Å². The number of hydrogen-bond donors (Lipinski definition) is 2. The molecule has 0 bridgehead atoms. The standard InChI is InChI=1S/C18H28N4O2/c1-12-7-9-22(10-8-12)18-20-15(11-16(23)21-18)13(2)19-17(24)14-5-3-4-6-14/h11-14H,3-10H2,1-2H3,(H,19,24)(H,20,21,23). The highest BCUT2D eigenvalue weighted by molar-refractivity contribution is 5.79. The fraction of sp³-hybridized carbons (Fsp3) is 0.722. The van der Waals surface area contributed by atoms with Crippen molar-refractivity contribution in [2.45, 2.75) is 58.4 Å². The second-order valence-corrected chi connectivity index (χ2v) is 7.38. The summed E-state index contributed by atoms with van der Waals surface area (Å²) in [4.78, 5) is 33.9. The summed E-state index contributed by atoms with van der Waals surface area (Å²) < 4.78 is 0. The van der Waals surface area contributed by atoms with Crippen LogP contribution in [-0.4, -0.2) is 29.0 Å². The topological polar surface area (TPSA) is 78.1 Å². The van der Waals surface area contributed by atoms with E-state index < -0.39 is 0 Å². The first kappa shape index (κ1) is 17.0. The van der Waals surface area contributed by atoms with Gasteiger partial charge in [-0.3, -0.25) is 14.6 Å². The largest absolute Gasteiger partial charge is 0.348 e. The lowest BCUT2D eigenvalue weighted by Crippen LogP contribution is -2.36. The number of carbonyl (C=O) groups is 1. The minimum absolute atomic E-state index is 0.0930. The van der Waals surface area contributed by atoms with E-state index in [4.69, 9.17) is 0 Å². The summed E-state index contributed by atoms with van der Waals surface area (Å²) in [6.45, 7) is 5.98. The van der Waals surface area contributed by atoms with Gasteiger partial charge in [0.2, 0.25) is 11.9 Å². The lowest BCUT2D eigenvalue weighted by Gasteiger charge is -2.31. The van der Waals surface area contributed by atoms with Crippen LogP contribution in [0, 0.1) is 11.8 Å². The zero-order valence-electron chi connectivity index (χ0n) is 14.7. The molecule has 2 aliphatic rings. The summed E-state index contributed by atoms with van der Waals surface area (Å²) >= 11 is 0. The van der Waals surface area contributed by atoms with Crippen molar-refractivity contribution in [1.29, 1.82) is 0 Å². The van der Waals surface area contributed by atoms with Gasteiger partial charge in [-0.05, 0) is 38.5 Å². The third kappa shape index (κ3) is 3.97. The molecule has 6 nitrogen and oxygen atoms in total. The summed E-state index contributed by atoms with van der Waals surface area (Å²) in [5.74, 6) is 1.57. The maximum Gasteiger partial charge on any atom is 0.252 e. The predicted molar refractivity (Wildman–Crippen MR) is 94.0 cm³/mol. The number of aromatic nitrogens is 2. The van der Waals surface area contributed by atoms with Crippen LogP contribution in [0.15, 0.2) is 10.9 Å². The molecule has 1 atom stereocenters. The number of nitrogens with one attached hydrogen (secondary N) is 2. The molecule has 1 unspecified atom stereocenters. The van der Waals surface area contributed by atoms with Gasteiger partial charge in [-0.2, -0.15) is 0 Å². The second kappa shape index (κ2) is 7.36. The van der Waals surface area contributed by atoms with Gasteiger partial charge in [-0.1, -0.05) is 19.8 Å². The summed E-state index contributed by atoms with van der Waals surface area (Å²) in [5, 5.41) is 3.03. The number of amides is 1. The van der Waals surface area contributed by atoms with Gasteiger partial charge < -0.3 is 10.2 Å². The minimum Gasteiger partial charge on any atom is -0.348 e. The molecule has 132 valence electrons. The number of rotatable bonds is 4. The van der Waals surface area contributed by atoms with E-state index >= 15 is 0 Å². The van der Waals surface area contributed by atoms with Crippen molar-refractivity contribution < 1.29 is 4.79 Å². The molecule has 0 radical (unpaired) electrons. The van der Waals surface area contributed by atoms with Crippen LogP contribution in [0.5, 0.6) is 0 Å². The van der Waals surface area contributed by atoms with Crippen LogP contribution in [0.2, 0.25) is 0 Å². The van der Waals surface area contributed by atoms with E-state index in [2.05, 4.69) is 27.1 Å². The molecule has 2 fully saturated rings. The number of hydrogen-bond acceptors (Lipinski definition) is 4. The van der Waals surface area contributed by atoms with E-state index in [1.807, 2.05) is 6.92 Å². The second-order valence-electron chi connectivity index (χ2n) is 7.38. The van der Waals surface area contributed by atoms with Crippen molar-refractivity contribution in [1.82, 2.24) is 15.3 Å². The molecule has 1 aliphatic carbocycles. The average Bonchev–Trinajstić information content (AvgIpc) is 3.09. The lowest BCUT2D eigenvalue weighted by atomic mass is 10.00. The number of aromatic amines is 1. The fourth-order valence-electron chi connectivity index (χ4n) is 3.65. The van der Waals surface area contributed by atoms with E-state index in [9.17, 15) is 9.59 Å². The molecule has 1 aliphatic heterocycles. The summed E-state index contributed by atoms with van der Waals surface area (Å²) in [5.41, 5.74) is 0.481. The fourth-order valence-corrected chi connectivity index (χ4v) is 3.65. The molecule has 1 aromatic heterocycles. The van der Waals surface area contributed by atoms with Crippen molar-refractivity contribution in [3.8, 4) is 0 Å². The Morgan fingerprint density at radius 3 is 2.62 bits per heavy atom. The van der Waals surface area contributed by atoms with E-state index in [1.54, 1.807) is 0 Å². The van der Waals surface area contributed by atoms with Gasteiger partial charge in [-0.25, -0.2) is 4.98 Å². The quantitative estimate of drug-likeness (QED) is 0.887. The van der Waals surface area contributed by atoms with Gasteiger partial charge >= 0.3 is 0 Å². The van der Waals surface area contributed by atoms with E-state index in [1.165, 1.54) is 6.07 Å². The van der Waals surface area contributed by atoms with Crippen molar-refractivity contribution >= 4 is 11.9 Å². The van der Waals surface area contributed by atoms with Gasteiger partial charge in [0.25, 0.3) is 5.56 Å². The number of anilines is 1. The summed E-state index contributed by atoms with van der Waals surface area (Å²) in [7, 11) is 0. The average molecular weight is 332 g/mol. The zero-order chi connectivity index (χ0) is 17.1. The Bertz CT molecular complexity index is 628. The Labute approximate surface area is 143 Å². The van der Waals surface area contributed by atoms with Gasteiger partial charge in [0, 0.05) is 25.1 Å². The monoisotopic (exact) mass is 332 g/mol. The molecule has 1 saturated carbocycles. The van der Waals surface area contributed by atoms with Crippen LogP contribution in [0.3, 0.4) is 0 Å². The number of piperidine rings is 1.